The lowest BCUT2D eigenvalue weighted by molar-refractivity contribution is -0.365. The molecule has 9 aliphatic heterocycles. The van der Waals surface area contributed by atoms with Gasteiger partial charge in [0.1, 0.15) is 33.6 Å². The predicted molar refractivity (Wildman–Crippen MR) is 429 cm³/mol. The van der Waals surface area contributed by atoms with Gasteiger partial charge in [-0.25, -0.2) is 24.0 Å². The molecule has 15 aliphatic rings. The zero-order chi connectivity index (χ0) is 86.2. The van der Waals surface area contributed by atoms with E-state index in [1.807, 2.05) is 96.9 Å². The first-order valence-corrected chi connectivity index (χ1v) is 44.5. The number of fused-ring (bicyclic) bond motifs is 2. The second-order valence-corrected chi connectivity index (χ2v) is 40.1. The van der Waals surface area contributed by atoms with Gasteiger partial charge in [0.05, 0.1) is 68.1 Å². The van der Waals surface area contributed by atoms with Crippen molar-refractivity contribution in [2.24, 2.45) is 53.3 Å². The molecule has 0 aromatic carbocycles. The topological polar surface area (TPSA) is 325 Å². The molecule has 30 heteroatoms. The molecule has 6 atom stereocenters. The lowest BCUT2D eigenvalue weighted by Gasteiger charge is -2.62. The summed E-state index contributed by atoms with van der Waals surface area (Å²) < 4.78 is 84.4. The smallest absolute Gasteiger partial charge is 0.410 e. The summed E-state index contributed by atoms with van der Waals surface area (Å²) in [6.07, 6.45) is 21.6. The van der Waals surface area contributed by atoms with Crippen molar-refractivity contribution in [2.75, 3.05) is 85.8 Å². The van der Waals surface area contributed by atoms with E-state index in [0.717, 1.165) is 115 Å². The lowest BCUT2D eigenvalue weighted by atomic mass is 9.53. The van der Waals surface area contributed by atoms with Crippen LogP contribution in [0.25, 0.3) is 0 Å². The Labute approximate surface area is 700 Å². The van der Waals surface area contributed by atoms with Crippen LogP contribution in [-0.4, -0.2) is 240 Å². The van der Waals surface area contributed by atoms with Crippen LogP contribution in [0.2, 0.25) is 0 Å². The standard InChI is InChI=1S/C21H31NO5.C19H31NO5.C18H31NO4.C16H27NO6.C14H23NO5/c1-20(2,3)27-19(24)22-5-4-16-17(11-22)25-21(26-18(16)23)14-7-12-6-13(9-14)10-15(21)8-12;1-3-19(11-6-14-23-19)24-16(21)15-7-12-20(13-8-15)17(22)25-18(2)9-4-5-10-18;1-5-18(10-6-7-11-18)22-15(20)14-8-12-19(13-9-14)16(21)23-17(2,3)4;1-15(2,3)23-14(19)17-9-6-12(7-10-17)13(18)22-16(20-4)8-5-11-21-16;1-13(2,3)20-12(17)15-7-6-9-10(8-15)18-14(4,5)19-11(9)16/h12-17H,4-11H2,1-3H3;15H,3-14H2,1-2H3;14H,5-13H2,1-4H3;12H,5-11H2,1-4H3;9-10H,6-8H2,1-5H3. The second kappa shape index (κ2) is 38.5. The average molecular weight is 1670 g/mol. The van der Waals surface area contributed by atoms with E-state index < -0.39 is 45.7 Å². The molecule has 118 heavy (non-hydrogen) atoms. The summed E-state index contributed by atoms with van der Waals surface area (Å²) in [6, 6.07) is 0. The first kappa shape index (κ1) is 93.8. The fraction of sp³-hybridized carbons (Fsp3) is 0.886. The van der Waals surface area contributed by atoms with Gasteiger partial charge in [-0.3, -0.25) is 24.0 Å². The maximum atomic E-state index is 12.9. The molecule has 1 spiro atoms. The summed E-state index contributed by atoms with van der Waals surface area (Å²) in [5.74, 6) is -3.35. The predicted octanol–water partition coefficient (Wildman–Crippen LogP) is 15.1. The SMILES string of the molecule is CC(C)(C)OC(=O)N1CCC2C(=O)OC(C)(C)OC2C1.CC(C)(C)OC(=O)N1CCC2C(=O)OC3(OC2C1)C1CC2CC(C1)CC3C2.CCC1(OC(=O)C2CCN(C(=O)OC(C)(C)C)CC2)CCCC1.CCC1(OC(=O)C2CCN(C(=O)OC3(C)CCCC3)CC2)CCCO1.COC1(OC(=O)C2CCN(C(=O)OC(C)(C)C)CC2)CCCO1. The largest absolute Gasteiger partial charge is 0.459 e. The Bertz CT molecular complexity index is 3320. The Kier molecular flexibility index (Phi) is 30.6. The van der Waals surface area contributed by atoms with Crippen LogP contribution in [0.3, 0.4) is 0 Å². The van der Waals surface area contributed by atoms with Crippen molar-refractivity contribution in [3.63, 3.8) is 0 Å². The van der Waals surface area contributed by atoms with Crippen LogP contribution < -0.4 is 0 Å². The molecule has 670 valence electrons. The Hall–Kier alpha value is -6.50. The molecular weight excluding hydrogens is 1530 g/mol. The molecule has 30 nitrogen and oxygen atoms in total. The number of carbonyl (C=O) groups is 10. The molecule has 15 fully saturated rings. The number of amides is 5. The average Bonchev–Trinajstić information content (AvgIpc) is 1.66. The van der Waals surface area contributed by atoms with Crippen LogP contribution in [0, 0.1) is 53.3 Å². The summed E-state index contributed by atoms with van der Waals surface area (Å²) in [7, 11) is 1.48. The zero-order valence-corrected chi connectivity index (χ0v) is 74.4. The van der Waals surface area contributed by atoms with Gasteiger partial charge in [0.15, 0.2) is 0 Å². The van der Waals surface area contributed by atoms with Crippen molar-refractivity contribution in [3.8, 4) is 0 Å². The van der Waals surface area contributed by atoms with E-state index in [1.54, 1.807) is 38.3 Å². The van der Waals surface area contributed by atoms with Gasteiger partial charge in [0.25, 0.3) is 0 Å². The van der Waals surface area contributed by atoms with Crippen LogP contribution in [0.15, 0.2) is 0 Å². The minimum atomic E-state index is -1.22. The maximum absolute atomic E-state index is 12.9. The first-order chi connectivity index (χ1) is 55.3. The molecule has 0 aromatic rings. The number of ether oxygens (including phenoxy) is 15. The molecule has 6 saturated carbocycles. The van der Waals surface area contributed by atoms with Crippen molar-refractivity contribution < 1.29 is 119 Å². The highest BCUT2D eigenvalue weighted by Crippen LogP contribution is 2.62. The highest BCUT2D eigenvalue weighted by molar-refractivity contribution is 5.78. The minimum Gasteiger partial charge on any atom is -0.459 e. The van der Waals surface area contributed by atoms with Gasteiger partial charge in [-0.05, 0) is 256 Å². The number of cyclic esters (lactones) is 1. The Morgan fingerprint density at radius 1 is 0.407 bits per heavy atom. The first-order valence-electron chi connectivity index (χ1n) is 44.5. The van der Waals surface area contributed by atoms with E-state index in [1.165, 1.54) is 13.5 Å². The van der Waals surface area contributed by atoms with E-state index in [-0.39, 0.29) is 113 Å². The Morgan fingerprint density at radius 3 is 1.19 bits per heavy atom. The maximum Gasteiger partial charge on any atom is 0.410 e. The number of nitrogens with zero attached hydrogens (tertiary/aromatic N) is 5. The van der Waals surface area contributed by atoms with Crippen LogP contribution in [0.4, 0.5) is 24.0 Å². The highest BCUT2D eigenvalue weighted by atomic mass is 16.9. The molecule has 6 unspecified atom stereocenters. The van der Waals surface area contributed by atoms with Crippen LogP contribution >= 0.6 is 0 Å². The summed E-state index contributed by atoms with van der Waals surface area (Å²) >= 11 is 0. The third-order valence-corrected chi connectivity index (χ3v) is 25.6. The normalized spacial score (nSPS) is 31.1. The number of likely N-dealkylation sites (tertiary alicyclic amines) is 5. The number of methoxy groups -OCH3 is 1. The molecule has 5 amide bonds. The molecule has 9 heterocycles. The molecule has 9 saturated heterocycles. The van der Waals surface area contributed by atoms with Gasteiger partial charge in [-0.1, -0.05) is 13.8 Å². The van der Waals surface area contributed by atoms with Crippen molar-refractivity contribution in [1.82, 2.24) is 24.5 Å². The number of rotatable bonds is 10. The fourth-order valence-corrected chi connectivity index (χ4v) is 19.4. The Balaban J connectivity index is 0.000000156. The molecule has 4 bridgehead atoms. The van der Waals surface area contributed by atoms with E-state index >= 15 is 0 Å². The summed E-state index contributed by atoms with van der Waals surface area (Å²) in [5, 5.41) is 0. The number of carbonyl (C=O) groups excluding carboxylic acids is 10. The van der Waals surface area contributed by atoms with Gasteiger partial charge in [-0.15, -0.1) is 0 Å². The van der Waals surface area contributed by atoms with Crippen molar-refractivity contribution in [2.45, 2.75) is 360 Å². The van der Waals surface area contributed by atoms with E-state index in [4.69, 9.17) is 71.1 Å². The van der Waals surface area contributed by atoms with Crippen LogP contribution in [0.5, 0.6) is 0 Å². The lowest BCUT2D eigenvalue weighted by Crippen LogP contribution is -2.68. The van der Waals surface area contributed by atoms with Gasteiger partial charge in [-0.2, -0.15) is 0 Å². The second-order valence-electron chi connectivity index (χ2n) is 40.1. The highest BCUT2D eigenvalue weighted by Gasteiger charge is 2.65. The minimum absolute atomic E-state index is 0.0717. The summed E-state index contributed by atoms with van der Waals surface area (Å²) in [6.45, 7) is 37.8. The van der Waals surface area contributed by atoms with E-state index in [9.17, 15) is 47.9 Å². The number of esters is 5. The molecule has 0 radical (unpaired) electrons. The molecule has 6 aliphatic carbocycles. The van der Waals surface area contributed by atoms with Crippen LogP contribution in [-0.2, 0) is 95.0 Å². The van der Waals surface area contributed by atoms with E-state index in [2.05, 4.69) is 6.92 Å². The summed E-state index contributed by atoms with van der Waals surface area (Å²) in [5.41, 5.74) is -2.58. The molecular formula is C88H143N5O25. The number of piperidine rings is 5. The monoisotopic (exact) mass is 1670 g/mol. The molecule has 15 rings (SSSR count). The van der Waals surface area contributed by atoms with Crippen molar-refractivity contribution in [1.29, 1.82) is 0 Å². The molecule has 0 aromatic heterocycles. The third-order valence-electron chi connectivity index (χ3n) is 25.6. The van der Waals surface area contributed by atoms with Crippen molar-refractivity contribution in [3.05, 3.63) is 0 Å². The Morgan fingerprint density at radius 2 is 0.788 bits per heavy atom. The van der Waals surface area contributed by atoms with Gasteiger partial charge < -0.3 is 95.6 Å². The van der Waals surface area contributed by atoms with Crippen molar-refractivity contribution >= 4 is 60.3 Å². The summed E-state index contributed by atoms with van der Waals surface area (Å²) in [4.78, 5) is 131. The fourth-order valence-electron chi connectivity index (χ4n) is 19.4. The van der Waals surface area contributed by atoms with Crippen LogP contribution in [0.1, 0.15) is 291 Å². The van der Waals surface area contributed by atoms with Gasteiger partial charge in [0.2, 0.25) is 17.4 Å². The molecule has 0 N–H and O–H groups in total. The third kappa shape index (κ3) is 25.1. The van der Waals surface area contributed by atoms with E-state index in [0.29, 0.717) is 155 Å². The van der Waals surface area contributed by atoms with Gasteiger partial charge in [0, 0.05) is 104 Å². The quantitative estimate of drug-likeness (QED) is 0.111. The zero-order valence-electron chi connectivity index (χ0n) is 74.4. The number of hydrogen-bond acceptors (Lipinski definition) is 25. The van der Waals surface area contributed by atoms with Gasteiger partial charge >= 0.3 is 66.3 Å². The number of hydrogen-bond donors (Lipinski definition) is 0.